The molecule has 0 N–H and O–H groups in total. The number of hydrogen-bond acceptors (Lipinski definition) is 6. The summed E-state index contributed by atoms with van der Waals surface area (Å²) in [6, 6.07) is 7.47. The Labute approximate surface area is 145 Å². The van der Waals surface area contributed by atoms with Crippen LogP contribution in [0.15, 0.2) is 29.4 Å². The summed E-state index contributed by atoms with van der Waals surface area (Å²) in [5.41, 5.74) is 1.81. The lowest BCUT2D eigenvalue weighted by molar-refractivity contribution is -0.117. The van der Waals surface area contributed by atoms with Crippen molar-refractivity contribution >= 4 is 36.2 Å². The molecule has 2 atom stereocenters. The van der Waals surface area contributed by atoms with Gasteiger partial charge in [-0.3, -0.25) is 9.36 Å². The first-order valence-electron chi connectivity index (χ1n) is 8.01. The van der Waals surface area contributed by atoms with Crippen LogP contribution in [0.1, 0.15) is 26.8 Å². The maximum Gasteiger partial charge on any atom is 0.332 e. The summed E-state index contributed by atoms with van der Waals surface area (Å²) in [7, 11) is -3.27. The fourth-order valence-corrected chi connectivity index (χ4v) is 6.36. The second-order valence-electron chi connectivity index (χ2n) is 5.60. The first kappa shape index (κ1) is 17.7. The number of benzene rings is 1. The lowest BCUT2D eigenvalue weighted by Crippen LogP contribution is -2.26. The highest BCUT2D eigenvalue weighted by molar-refractivity contribution is 8.00. The lowest BCUT2D eigenvalue weighted by atomic mass is 10.1. The Morgan fingerprint density at radius 2 is 1.96 bits per heavy atom. The van der Waals surface area contributed by atoms with Crippen molar-refractivity contribution in [1.82, 2.24) is 9.55 Å². The van der Waals surface area contributed by atoms with Crippen LogP contribution >= 0.6 is 19.4 Å². The summed E-state index contributed by atoms with van der Waals surface area (Å²) in [4.78, 5) is 16.7. The van der Waals surface area contributed by atoms with E-state index in [0.717, 1.165) is 16.2 Å². The number of thioether (sulfide) groups is 1. The highest BCUT2D eigenvalue weighted by Crippen LogP contribution is 2.55. The molecule has 3 rings (SSSR count). The van der Waals surface area contributed by atoms with Gasteiger partial charge in [-0.25, -0.2) is 4.98 Å². The zero-order chi connectivity index (χ0) is 17.3. The van der Waals surface area contributed by atoms with E-state index in [2.05, 4.69) is 4.98 Å². The van der Waals surface area contributed by atoms with Gasteiger partial charge in [-0.1, -0.05) is 23.9 Å². The van der Waals surface area contributed by atoms with Crippen molar-refractivity contribution in [1.29, 1.82) is 0 Å². The van der Waals surface area contributed by atoms with Gasteiger partial charge in [0, 0.05) is 0 Å². The predicted molar refractivity (Wildman–Crippen MR) is 94.8 cm³/mol. The SMILES string of the molecule is CCOP(=O)(C[C@@H]1[C@H](C(C)=O)Sc2nc3ccccc3n21)OCC. The highest BCUT2D eigenvalue weighted by Gasteiger charge is 2.43. The number of para-hydroxylation sites is 2. The van der Waals surface area contributed by atoms with E-state index in [9.17, 15) is 9.36 Å². The zero-order valence-electron chi connectivity index (χ0n) is 14.0. The van der Waals surface area contributed by atoms with Crippen LogP contribution in [-0.4, -0.2) is 40.0 Å². The fraction of sp³-hybridized carbons (Fsp3) is 0.500. The molecule has 1 aliphatic heterocycles. The second-order valence-corrected chi connectivity index (χ2v) is 8.81. The number of carbonyl (C=O) groups excluding carboxylic acids is 1. The van der Waals surface area contributed by atoms with Crippen molar-refractivity contribution in [3.8, 4) is 0 Å². The molecule has 1 aromatic carbocycles. The molecule has 2 heterocycles. The molecule has 6 nitrogen and oxygen atoms in total. The summed E-state index contributed by atoms with van der Waals surface area (Å²) >= 11 is 1.43. The Hall–Kier alpha value is -1.14. The standard InChI is InChI=1S/C16H21N2O4PS/c1-4-21-23(20,22-5-2)10-14-15(11(3)19)24-16-17-12-8-6-7-9-13(12)18(14)16/h6-9,14-15H,4-5,10H2,1-3H3/t14-,15+/m1/s1. The molecule has 130 valence electrons. The van der Waals surface area contributed by atoms with Crippen molar-refractivity contribution in [3.63, 3.8) is 0 Å². The van der Waals surface area contributed by atoms with E-state index in [-0.39, 0.29) is 23.2 Å². The maximum absolute atomic E-state index is 13.0. The molecule has 8 heteroatoms. The Kier molecular flexibility index (Phi) is 5.16. The van der Waals surface area contributed by atoms with Gasteiger partial charge in [-0.05, 0) is 32.9 Å². The second kappa shape index (κ2) is 7.00. The van der Waals surface area contributed by atoms with Crippen LogP contribution in [-0.2, 0) is 18.4 Å². The summed E-state index contributed by atoms with van der Waals surface area (Å²) in [5, 5.41) is 0.451. The number of aromatic nitrogens is 2. The number of hydrogen-bond donors (Lipinski definition) is 0. The van der Waals surface area contributed by atoms with E-state index >= 15 is 0 Å². The van der Waals surface area contributed by atoms with Crippen molar-refractivity contribution in [2.75, 3.05) is 19.4 Å². The van der Waals surface area contributed by atoms with Crippen LogP contribution < -0.4 is 0 Å². The largest absolute Gasteiger partial charge is 0.332 e. The average molecular weight is 368 g/mol. The van der Waals surface area contributed by atoms with Gasteiger partial charge < -0.3 is 13.6 Å². The minimum atomic E-state index is -3.27. The smallest absolute Gasteiger partial charge is 0.314 e. The Morgan fingerprint density at radius 3 is 2.58 bits per heavy atom. The number of nitrogens with zero attached hydrogens (tertiary/aromatic N) is 2. The first-order valence-corrected chi connectivity index (χ1v) is 10.6. The number of fused-ring (bicyclic) bond motifs is 3. The molecule has 1 aromatic heterocycles. The van der Waals surface area contributed by atoms with E-state index in [1.54, 1.807) is 20.8 Å². The minimum absolute atomic E-state index is 0.0409. The molecule has 24 heavy (non-hydrogen) atoms. The van der Waals surface area contributed by atoms with Gasteiger partial charge in [0.25, 0.3) is 0 Å². The average Bonchev–Trinajstić information content (AvgIpc) is 3.04. The maximum atomic E-state index is 13.0. The molecule has 0 saturated carbocycles. The minimum Gasteiger partial charge on any atom is -0.314 e. The Bertz CT molecular complexity index is 796. The van der Waals surface area contributed by atoms with E-state index in [0.29, 0.717) is 13.2 Å². The van der Waals surface area contributed by atoms with E-state index in [1.807, 2.05) is 28.8 Å². The third-order valence-corrected chi connectivity index (χ3v) is 7.46. The van der Waals surface area contributed by atoms with Crippen LogP contribution in [0.25, 0.3) is 11.0 Å². The third kappa shape index (κ3) is 3.18. The molecular weight excluding hydrogens is 347 g/mol. The molecule has 0 amide bonds. The van der Waals surface area contributed by atoms with Crippen LogP contribution in [0.2, 0.25) is 0 Å². The topological polar surface area (TPSA) is 70.4 Å². The quantitative estimate of drug-likeness (QED) is 0.690. The van der Waals surface area contributed by atoms with Crippen molar-refractivity contribution in [3.05, 3.63) is 24.3 Å². The highest BCUT2D eigenvalue weighted by atomic mass is 32.2. The molecule has 0 radical (unpaired) electrons. The van der Waals surface area contributed by atoms with E-state index < -0.39 is 7.60 Å². The molecule has 0 saturated heterocycles. The van der Waals surface area contributed by atoms with E-state index in [1.165, 1.54) is 11.8 Å². The van der Waals surface area contributed by atoms with Crippen molar-refractivity contribution in [2.45, 2.75) is 37.2 Å². The van der Waals surface area contributed by atoms with Gasteiger partial charge in [-0.15, -0.1) is 0 Å². The van der Waals surface area contributed by atoms with Gasteiger partial charge in [0.2, 0.25) is 0 Å². The Balaban J connectivity index is 2.03. The number of carbonyl (C=O) groups is 1. The molecule has 2 aromatic rings. The van der Waals surface area contributed by atoms with Gasteiger partial charge in [-0.2, -0.15) is 0 Å². The molecule has 0 spiro atoms. The van der Waals surface area contributed by atoms with Crippen molar-refractivity contribution < 1.29 is 18.4 Å². The fourth-order valence-electron chi connectivity index (χ4n) is 3.05. The van der Waals surface area contributed by atoms with Gasteiger partial charge in [0.15, 0.2) is 5.16 Å². The number of imidazole rings is 1. The summed E-state index contributed by atoms with van der Waals surface area (Å²) in [6.45, 7) is 5.75. The summed E-state index contributed by atoms with van der Waals surface area (Å²) in [5.74, 6) is 0.0409. The molecule has 0 unspecified atom stereocenters. The zero-order valence-corrected chi connectivity index (χ0v) is 15.7. The molecule has 0 fully saturated rings. The molecule has 1 aliphatic rings. The number of rotatable bonds is 7. The van der Waals surface area contributed by atoms with E-state index in [4.69, 9.17) is 9.05 Å². The molecule has 0 bridgehead atoms. The van der Waals surface area contributed by atoms with Crippen molar-refractivity contribution in [2.24, 2.45) is 0 Å². The summed E-state index contributed by atoms with van der Waals surface area (Å²) in [6.07, 6.45) is 0.166. The monoisotopic (exact) mass is 368 g/mol. The number of Topliss-reactive ketones (excluding diaryl/α,β-unsaturated/α-hetero) is 1. The van der Waals surface area contributed by atoms with Gasteiger partial charge in [0.1, 0.15) is 5.78 Å². The first-order chi connectivity index (χ1) is 11.5. The molecular formula is C16H21N2O4PS. The van der Waals surface area contributed by atoms with Crippen LogP contribution in [0.5, 0.6) is 0 Å². The van der Waals surface area contributed by atoms with Crippen LogP contribution in [0.4, 0.5) is 0 Å². The summed E-state index contributed by atoms with van der Waals surface area (Å²) < 4.78 is 25.9. The number of ketones is 1. The normalized spacial score (nSPS) is 20.5. The van der Waals surface area contributed by atoms with Crippen LogP contribution in [0, 0.1) is 0 Å². The van der Waals surface area contributed by atoms with Gasteiger partial charge in [0.05, 0.1) is 41.7 Å². The van der Waals surface area contributed by atoms with Gasteiger partial charge >= 0.3 is 7.60 Å². The lowest BCUT2D eigenvalue weighted by Gasteiger charge is -2.24. The predicted octanol–water partition coefficient (Wildman–Crippen LogP) is 3.91. The molecule has 0 aliphatic carbocycles. The Morgan fingerprint density at radius 1 is 1.29 bits per heavy atom. The van der Waals surface area contributed by atoms with Crippen LogP contribution in [0.3, 0.4) is 0 Å². The third-order valence-electron chi connectivity index (χ3n) is 3.94.